The van der Waals surface area contributed by atoms with Crippen LogP contribution in [0.2, 0.25) is 0 Å². The third-order valence-electron chi connectivity index (χ3n) is 4.22. The van der Waals surface area contributed by atoms with Gasteiger partial charge in [0.25, 0.3) is 0 Å². The van der Waals surface area contributed by atoms with E-state index >= 15 is 0 Å². The van der Waals surface area contributed by atoms with Gasteiger partial charge in [-0.3, -0.25) is 0 Å². The lowest BCUT2D eigenvalue weighted by molar-refractivity contribution is 0.300. The molecule has 0 amide bonds. The summed E-state index contributed by atoms with van der Waals surface area (Å²) < 4.78 is 1.29. The highest BCUT2D eigenvalue weighted by Crippen LogP contribution is 2.30. The summed E-state index contributed by atoms with van der Waals surface area (Å²) in [5.41, 5.74) is 2.43. The summed E-state index contributed by atoms with van der Waals surface area (Å²) in [4.78, 5) is 4.66. The maximum absolute atomic E-state index is 4.66. The Bertz CT molecular complexity index is 553. The van der Waals surface area contributed by atoms with Crippen LogP contribution in [0.15, 0.2) is 18.2 Å². The molecule has 1 N–H and O–H groups in total. The quantitative estimate of drug-likeness (QED) is 0.866. The van der Waals surface area contributed by atoms with Gasteiger partial charge in [-0.1, -0.05) is 37.2 Å². The summed E-state index contributed by atoms with van der Waals surface area (Å²) in [5, 5.41) is 4.63. The number of aryl methyl sites for hydroxylation is 1. The van der Waals surface area contributed by atoms with Crippen LogP contribution in [-0.4, -0.2) is 11.5 Å². The first-order chi connectivity index (χ1) is 9.20. The van der Waals surface area contributed by atoms with Crippen molar-refractivity contribution in [3.05, 3.63) is 23.8 Å². The van der Waals surface area contributed by atoms with Gasteiger partial charge in [-0.25, -0.2) is 4.98 Å². The van der Waals surface area contributed by atoms with Crippen LogP contribution in [0.3, 0.4) is 0 Å². The first-order valence-corrected chi connectivity index (χ1v) is 8.13. The van der Waals surface area contributed by atoms with Crippen molar-refractivity contribution in [2.24, 2.45) is 11.8 Å². The van der Waals surface area contributed by atoms with E-state index < -0.39 is 0 Å². The fourth-order valence-electron chi connectivity index (χ4n) is 2.87. The van der Waals surface area contributed by atoms with Crippen molar-refractivity contribution in [1.29, 1.82) is 0 Å². The molecule has 0 spiro atoms. The molecule has 1 aliphatic carbocycles. The van der Waals surface area contributed by atoms with Crippen LogP contribution in [0.4, 0.5) is 5.13 Å². The second-order valence-electron chi connectivity index (χ2n) is 6.00. The van der Waals surface area contributed by atoms with Gasteiger partial charge in [0.2, 0.25) is 0 Å². The molecule has 3 heteroatoms. The first-order valence-electron chi connectivity index (χ1n) is 7.32. The molecule has 0 atom stereocenters. The van der Waals surface area contributed by atoms with Crippen molar-refractivity contribution < 1.29 is 0 Å². The number of hydrogen-bond donors (Lipinski definition) is 1. The fraction of sp³-hybridized carbons (Fsp3) is 0.562. The number of nitrogens with zero attached hydrogens (tertiary/aromatic N) is 1. The van der Waals surface area contributed by atoms with E-state index in [0.717, 1.165) is 29.0 Å². The van der Waals surface area contributed by atoms with Crippen LogP contribution < -0.4 is 5.32 Å². The van der Waals surface area contributed by atoms with E-state index in [1.165, 1.54) is 35.9 Å². The zero-order valence-electron chi connectivity index (χ0n) is 11.8. The Balaban J connectivity index is 1.62. The van der Waals surface area contributed by atoms with Crippen LogP contribution in [-0.2, 0) is 0 Å². The van der Waals surface area contributed by atoms with Gasteiger partial charge in [-0.15, -0.1) is 0 Å². The molecule has 0 radical (unpaired) electrons. The van der Waals surface area contributed by atoms with E-state index in [1.54, 1.807) is 11.3 Å². The molecule has 19 heavy (non-hydrogen) atoms. The summed E-state index contributed by atoms with van der Waals surface area (Å²) in [6.07, 6.45) is 5.53. The molecule has 1 heterocycles. The monoisotopic (exact) mass is 274 g/mol. The number of anilines is 1. The van der Waals surface area contributed by atoms with Gasteiger partial charge >= 0.3 is 0 Å². The van der Waals surface area contributed by atoms with Gasteiger partial charge in [0.05, 0.1) is 10.2 Å². The normalized spacial score (nSPS) is 23.7. The van der Waals surface area contributed by atoms with Crippen molar-refractivity contribution in [2.45, 2.75) is 39.5 Å². The van der Waals surface area contributed by atoms with Crippen LogP contribution in [0, 0.1) is 18.8 Å². The van der Waals surface area contributed by atoms with E-state index in [1.807, 2.05) is 0 Å². The van der Waals surface area contributed by atoms with Crippen molar-refractivity contribution >= 4 is 26.7 Å². The Kier molecular flexibility index (Phi) is 3.74. The summed E-state index contributed by atoms with van der Waals surface area (Å²) in [6.45, 7) is 5.60. The average molecular weight is 274 g/mol. The third-order valence-corrected chi connectivity index (χ3v) is 5.20. The summed E-state index contributed by atoms with van der Waals surface area (Å²) in [6, 6.07) is 6.48. The Hall–Kier alpha value is -1.09. The number of nitrogens with one attached hydrogen (secondary N) is 1. The smallest absolute Gasteiger partial charge is 0.183 e. The molecule has 102 valence electrons. The van der Waals surface area contributed by atoms with Gasteiger partial charge in [-0.2, -0.15) is 0 Å². The van der Waals surface area contributed by atoms with Gasteiger partial charge < -0.3 is 5.32 Å². The van der Waals surface area contributed by atoms with Gasteiger partial charge in [-0.05, 0) is 49.3 Å². The van der Waals surface area contributed by atoms with Crippen LogP contribution >= 0.6 is 11.3 Å². The molecular formula is C16H22N2S. The van der Waals surface area contributed by atoms with Crippen LogP contribution in [0.5, 0.6) is 0 Å². The highest BCUT2D eigenvalue weighted by Gasteiger charge is 2.18. The molecule has 1 aliphatic rings. The molecule has 1 aromatic carbocycles. The Morgan fingerprint density at radius 1 is 1.26 bits per heavy atom. The molecular weight excluding hydrogens is 252 g/mol. The number of thiazole rings is 1. The van der Waals surface area contributed by atoms with Gasteiger partial charge in [0, 0.05) is 6.54 Å². The second kappa shape index (κ2) is 5.49. The lowest BCUT2D eigenvalue weighted by Gasteiger charge is -2.26. The minimum absolute atomic E-state index is 0.838. The van der Waals surface area contributed by atoms with Gasteiger partial charge in [0.15, 0.2) is 5.13 Å². The molecule has 1 fully saturated rings. The van der Waals surface area contributed by atoms with E-state index in [2.05, 4.69) is 42.3 Å². The summed E-state index contributed by atoms with van der Waals surface area (Å²) in [5.74, 6) is 1.77. The summed E-state index contributed by atoms with van der Waals surface area (Å²) >= 11 is 1.78. The second-order valence-corrected chi connectivity index (χ2v) is 7.03. The predicted octanol–water partition coefficient (Wildman–Crippen LogP) is 4.84. The van der Waals surface area contributed by atoms with E-state index in [4.69, 9.17) is 0 Å². The Morgan fingerprint density at radius 2 is 2.05 bits per heavy atom. The van der Waals surface area contributed by atoms with Crippen LogP contribution in [0.25, 0.3) is 10.2 Å². The minimum Gasteiger partial charge on any atom is -0.361 e. The number of hydrogen-bond acceptors (Lipinski definition) is 3. The topological polar surface area (TPSA) is 24.9 Å². The van der Waals surface area contributed by atoms with E-state index in [0.29, 0.717) is 0 Å². The molecule has 0 saturated heterocycles. The first kappa shape index (κ1) is 12.9. The highest BCUT2D eigenvalue weighted by molar-refractivity contribution is 7.22. The van der Waals surface area contributed by atoms with E-state index in [9.17, 15) is 0 Å². The lowest BCUT2D eigenvalue weighted by Crippen LogP contribution is -2.20. The molecule has 1 saturated carbocycles. The Morgan fingerprint density at radius 3 is 2.84 bits per heavy atom. The average Bonchev–Trinajstić information content (AvgIpc) is 2.80. The maximum Gasteiger partial charge on any atom is 0.183 e. The number of aromatic nitrogens is 1. The van der Waals surface area contributed by atoms with Crippen molar-refractivity contribution in [3.63, 3.8) is 0 Å². The van der Waals surface area contributed by atoms with Gasteiger partial charge in [0.1, 0.15) is 0 Å². The van der Waals surface area contributed by atoms with E-state index in [-0.39, 0.29) is 0 Å². The standard InChI is InChI=1S/C16H22N2S/c1-11-3-6-13(7-4-11)10-17-16-18-14-8-5-12(2)9-15(14)19-16/h5,8-9,11,13H,3-4,6-7,10H2,1-2H3,(H,17,18). The largest absolute Gasteiger partial charge is 0.361 e. The molecule has 2 aromatic rings. The van der Waals surface area contributed by atoms with Crippen LogP contribution in [0.1, 0.15) is 38.2 Å². The molecule has 3 rings (SSSR count). The number of fused-ring (bicyclic) bond motifs is 1. The SMILES string of the molecule is Cc1ccc2nc(NCC3CCC(C)CC3)sc2c1. The minimum atomic E-state index is 0.838. The predicted molar refractivity (Wildman–Crippen MR) is 84.0 cm³/mol. The molecule has 0 unspecified atom stereocenters. The molecule has 2 nitrogen and oxygen atoms in total. The molecule has 0 aliphatic heterocycles. The maximum atomic E-state index is 4.66. The molecule has 0 bridgehead atoms. The van der Waals surface area contributed by atoms with Crippen molar-refractivity contribution in [3.8, 4) is 0 Å². The Labute approximate surface area is 119 Å². The van der Waals surface area contributed by atoms with Crippen molar-refractivity contribution in [2.75, 3.05) is 11.9 Å². The number of benzene rings is 1. The third kappa shape index (κ3) is 3.08. The lowest BCUT2D eigenvalue weighted by atomic mass is 9.83. The fourth-order valence-corrected chi connectivity index (χ4v) is 3.84. The van der Waals surface area contributed by atoms with Crippen molar-refractivity contribution in [1.82, 2.24) is 4.98 Å². The summed E-state index contributed by atoms with van der Waals surface area (Å²) in [7, 11) is 0. The zero-order chi connectivity index (χ0) is 13.2. The molecule has 1 aromatic heterocycles. The number of rotatable bonds is 3. The highest BCUT2D eigenvalue weighted by atomic mass is 32.1. The zero-order valence-corrected chi connectivity index (χ0v) is 12.6.